The highest BCUT2D eigenvalue weighted by atomic mass is 32.1. The zero-order valence-corrected chi connectivity index (χ0v) is 14.3. The van der Waals surface area contributed by atoms with Crippen LogP contribution in [-0.4, -0.2) is 15.1 Å². The zero-order chi connectivity index (χ0) is 17.2. The number of nitrogens with zero attached hydrogens (tertiary/aromatic N) is 3. The molecule has 0 amide bonds. The van der Waals surface area contributed by atoms with E-state index >= 15 is 0 Å². The molecule has 0 saturated heterocycles. The fourth-order valence-corrected chi connectivity index (χ4v) is 3.23. The molecule has 2 aromatic carbocycles. The second kappa shape index (κ2) is 6.57. The molecule has 0 saturated carbocycles. The molecular formula is C19H14FN3OS. The minimum absolute atomic E-state index is 0.297. The van der Waals surface area contributed by atoms with Crippen LogP contribution in [0, 0.1) is 5.82 Å². The van der Waals surface area contributed by atoms with Gasteiger partial charge in [0.2, 0.25) is 5.82 Å². The molecule has 4 nitrogen and oxygen atoms in total. The van der Waals surface area contributed by atoms with Crippen molar-refractivity contribution in [3.05, 3.63) is 64.7 Å². The van der Waals surface area contributed by atoms with E-state index in [-0.39, 0.29) is 5.82 Å². The van der Waals surface area contributed by atoms with Gasteiger partial charge in [-0.25, -0.2) is 9.37 Å². The van der Waals surface area contributed by atoms with E-state index in [2.05, 4.69) is 27.4 Å². The summed E-state index contributed by atoms with van der Waals surface area (Å²) in [5.74, 6) is 0.431. The van der Waals surface area contributed by atoms with Gasteiger partial charge in [0.1, 0.15) is 5.82 Å². The normalized spacial score (nSPS) is 11.0. The van der Waals surface area contributed by atoms with Crippen LogP contribution in [0.1, 0.15) is 11.9 Å². The molecule has 0 N–H and O–H groups in total. The van der Waals surface area contributed by atoms with Crippen LogP contribution >= 0.6 is 11.3 Å². The molecule has 0 unspecified atom stereocenters. The topological polar surface area (TPSA) is 51.8 Å². The quantitative estimate of drug-likeness (QED) is 0.505. The third kappa shape index (κ3) is 3.21. The highest BCUT2D eigenvalue weighted by Crippen LogP contribution is 2.26. The van der Waals surface area contributed by atoms with Crippen molar-refractivity contribution in [3.63, 3.8) is 0 Å². The summed E-state index contributed by atoms with van der Waals surface area (Å²) in [6.07, 6.45) is 0.939. The Morgan fingerprint density at radius 3 is 2.52 bits per heavy atom. The summed E-state index contributed by atoms with van der Waals surface area (Å²) < 4.78 is 18.6. The Balaban J connectivity index is 1.60. The first-order valence-corrected chi connectivity index (χ1v) is 8.76. The maximum absolute atomic E-state index is 13.3. The van der Waals surface area contributed by atoms with Crippen molar-refractivity contribution in [2.75, 3.05) is 0 Å². The standard InChI is InChI=1S/C19H14FN3OS/c1-2-17-21-16(11-25-17)12-6-8-13(9-7-12)18-22-19(24-23-18)14-4-3-5-15(20)10-14/h3-11H,2H2,1H3. The molecule has 0 atom stereocenters. The van der Waals surface area contributed by atoms with Gasteiger partial charge in [-0.15, -0.1) is 11.3 Å². The van der Waals surface area contributed by atoms with Gasteiger partial charge in [0.15, 0.2) is 0 Å². The molecule has 0 bridgehead atoms. The molecule has 124 valence electrons. The molecule has 2 heterocycles. The molecule has 0 fully saturated rings. The van der Waals surface area contributed by atoms with Crippen LogP contribution < -0.4 is 0 Å². The lowest BCUT2D eigenvalue weighted by molar-refractivity contribution is 0.432. The molecule has 0 spiro atoms. The molecule has 0 aliphatic rings. The minimum atomic E-state index is -0.337. The molecule has 0 aliphatic heterocycles. The number of aryl methyl sites for hydroxylation is 1. The van der Waals surface area contributed by atoms with E-state index in [4.69, 9.17) is 4.52 Å². The lowest BCUT2D eigenvalue weighted by Gasteiger charge is -1.98. The van der Waals surface area contributed by atoms with Crippen molar-refractivity contribution < 1.29 is 8.91 Å². The van der Waals surface area contributed by atoms with Gasteiger partial charge < -0.3 is 4.52 Å². The van der Waals surface area contributed by atoms with E-state index in [0.717, 1.165) is 28.2 Å². The first-order valence-electron chi connectivity index (χ1n) is 7.88. The van der Waals surface area contributed by atoms with Crippen LogP contribution in [0.15, 0.2) is 58.4 Å². The van der Waals surface area contributed by atoms with Gasteiger partial charge in [0.05, 0.1) is 10.7 Å². The summed E-state index contributed by atoms with van der Waals surface area (Å²) in [5, 5.41) is 7.17. The monoisotopic (exact) mass is 351 g/mol. The highest BCUT2D eigenvalue weighted by molar-refractivity contribution is 7.09. The summed E-state index contributed by atoms with van der Waals surface area (Å²) in [4.78, 5) is 8.94. The Morgan fingerprint density at radius 2 is 1.80 bits per heavy atom. The number of rotatable bonds is 4. The van der Waals surface area contributed by atoms with E-state index in [9.17, 15) is 4.39 Å². The average Bonchev–Trinajstić information content (AvgIpc) is 3.31. The van der Waals surface area contributed by atoms with E-state index in [1.165, 1.54) is 12.1 Å². The predicted octanol–water partition coefficient (Wildman–Crippen LogP) is 5.23. The van der Waals surface area contributed by atoms with Crippen LogP contribution in [0.25, 0.3) is 34.1 Å². The van der Waals surface area contributed by atoms with Crippen molar-refractivity contribution in [3.8, 4) is 34.1 Å². The third-order valence-electron chi connectivity index (χ3n) is 3.79. The highest BCUT2D eigenvalue weighted by Gasteiger charge is 2.12. The summed E-state index contributed by atoms with van der Waals surface area (Å²) >= 11 is 1.67. The van der Waals surface area contributed by atoms with Crippen LogP contribution in [-0.2, 0) is 6.42 Å². The van der Waals surface area contributed by atoms with Gasteiger partial charge in [-0.05, 0) is 24.6 Å². The van der Waals surface area contributed by atoms with E-state index in [1.807, 2.05) is 24.3 Å². The molecular weight excluding hydrogens is 337 g/mol. The predicted molar refractivity (Wildman–Crippen MR) is 95.6 cm³/mol. The molecule has 25 heavy (non-hydrogen) atoms. The number of hydrogen-bond donors (Lipinski definition) is 0. The van der Waals surface area contributed by atoms with Crippen LogP contribution in [0.3, 0.4) is 0 Å². The zero-order valence-electron chi connectivity index (χ0n) is 13.4. The van der Waals surface area contributed by atoms with Gasteiger partial charge in [0.25, 0.3) is 5.89 Å². The number of aromatic nitrogens is 3. The third-order valence-corrected chi connectivity index (χ3v) is 4.78. The smallest absolute Gasteiger partial charge is 0.258 e. The van der Waals surface area contributed by atoms with E-state index < -0.39 is 0 Å². The van der Waals surface area contributed by atoms with Crippen LogP contribution in [0.2, 0.25) is 0 Å². The molecule has 0 radical (unpaired) electrons. The average molecular weight is 351 g/mol. The van der Waals surface area contributed by atoms with Gasteiger partial charge in [-0.3, -0.25) is 0 Å². The Morgan fingerprint density at radius 1 is 1.00 bits per heavy atom. The fraction of sp³-hybridized carbons (Fsp3) is 0.105. The Hall–Kier alpha value is -2.86. The van der Waals surface area contributed by atoms with Crippen molar-refractivity contribution >= 4 is 11.3 Å². The van der Waals surface area contributed by atoms with Gasteiger partial charge >= 0.3 is 0 Å². The summed E-state index contributed by atoms with van der Waals surface area (Å²) in [7, 11) is 0. The van der Waals surface area contributed by atoms with Crippen molar-refractivity contribution in [2.45, 2.75) is 13.3 Å². The van der Waals surface area contributed by atoms with Gasteiger partial charge in [-0.2, -0.15) is 4.98 Å². The number of hydrogen-bond acceptors (Lipinski definition) is 5. The lowest BCUT2D eigenvalue weighted by atomic mass is 10.1. The Kier molecular flexibility index (Phi) is 4.11. The second-order valence-corrected chi connectivity index (χ2v) is 6.43. The molecule has 2 aromatic heterocycles. The molecule has 4 aromatic rings. The minimum Gasteiger partial charge on any atom is -0.334 e. The maximum atomic E-state index is 13.3. The molecule has 6 heteroatoms. The largest absolute Gasteiger partial charge is 0.334 e. The summed E-state index contributed by atoms with van der Waals surface area (Å²) in [5.41, 5.74) is 3.42. The van der Waals surface area contributed by atoms with E-state index in [0.29, 0.717) is 17.3 Å². The molecule has 4 rings (SSSR count). The SMILES string of the molecule is CCc1nc(-c2ccc(-c3noc(-c4cccc(F)c4)n3)cc2)cs1. The van der Waals surface area contributed by atoms with Crippen LogP contribution in [0.5, 0.6) is 0 Å². The summed E-state index contributed by atoms with van der Waals surface area (Å²) in [6.45, 7) is 2.10. The number of thiazole rings is 1. The number of benzene rings is 2. The first-order chi connectivity index (χ1) is 12.2. The molecule has 0 aliphatic carbocycles. The first kappa shape index (κ1) is 15.7. The fourth-order valence-electron chi connectivity index (χ4n) is 2.48. The van der Waals surface area contributed by atoms with Crippen molar-refractivity contribution in [2.24, 2.45) is 0 Å². The van der Waals surface area contributed by atoms with E-state index in [1.54, 1.807) is 23.5 Å². The van der Waals surface area contributed by atoms with Crippen LogP contribution in [0.4, 0.5) is 4.39 Å². The van der Waals surface area contributed by atoms with Crippen molar-refractivity contribution in [1.82, 2.24) is 15.1 Å². The number of halogens is 1. The summed E-state index contributed by atoms with van der Waals surface area (Å²) in [6, 6.07) is 13.9. The maximum Gasteiger partial charge on any atom is 0.258 e. The second-order valence-electron chi connectivity index (χ2n) is 5.49. The lowest BCUT2D eigenvalue weighted by Crippen LogP contribution is -1.84. The van der Waals surface area contributed by atoms with Crippen molar-refractivity contribution in [1.29, 1.82) is 0 Å². The van der Waals surface area contributed by atoms with Gasteiger partial charge in [0, 0.05) is 22.1 Å². The Bertz CT molecular complexity index is 1010. The van der Waals surface area contributed by atoms with Gasteiger partial charge in [-0.1, -0.05) is 42.4 Å². The Labute approximate surface area is 148 Å².